The molecule has 92 valence electrons. The van der Waals surface area contributed by atoms with Gasteiger partial charge >= 0.3 is 0 Å². The van der Waals surface area contributed by atoms with Gasteiger partial charge < -0.3 is 10.1 Å². The Morgan fingerprint density at radius 1 is 1.28 bits per heavy atom. The Balaban J connectivity index is 1.88. The van der Waals surface area contributed by atoms with E-state index in [0.29, 0.717) is 11.4 Å². The quantitative estimate of drug-likeness (QED) is 0.945. The van der Waals surface area contributed by atoms with Crippen molar-refractivity contribution >= 4 is 27.5 Å². The Labute approximate surface area is 113 Å². The molecule has 0 fully saturated rings. The first-order chi connectivity index (χ1) is 8.75. The third kappa shape index (κ3) is 3.56. The van der Waals surface area contributed by atoms with Gasteiger partial charge in [0.15, 0.2) is 6.61 Å². The second-order valence-electron chi connectivity index (χ2n) is 3.51. The molecular formula is C13H11BrN2O2. The van der Waals surface area contributed by atoms with E-state index in [1.54, 1.807) is 30.6 Å². The number of para-hydroxylation sites is 1. The van der Waals surface area contributed by atoms with Crippen LogP contribution in [0.25, 0.3) is 0 Å². The summed E-state index contributed by atoms with van der Waals surface area (Å²) in [6.07, 6.45) is 3.23. The van der Waals surface area contributed by atoms with Crippen molar-refractivity contribution in [1.29, 1.82) is 0 Å². The molecule has 0 aliphatic heterocycles. The highest BCUT2D eigenvalue weighted by Gasteiger charge is 2.05. The molecule has 0 atom stereocenters. The van der Waals surface area contributed by atoms with E-state index >= 15 is 0 Å². The first-order valence-electron chi connectivity index (χ1n) is 5.33. The fourth-order valence-electron chi connectivity index (χ4n) is 1.33. The Morgan fingerprint density at radius 3 is 2.78 bits per heavy atom. The Hall–Kier alpha value is -1.88. The zero-order valence-corrected chi connectivity index (χ0v) is 11.1. The fraction of sp³-hybridized carbons (Fsp3) is 0.0769. The number of aromatic nitrogens is 1. The van der Waals surface area contributed by atoms with Crippen LogP contribution in [0.3, 0.4) is 0 Å². The van der Waals surface area contributed by atoms with Crippen molar-refractivity contribution in [3.63, 3.8) is 0 Å². The number of ether oxygens (including phenoxy) is 1. The van der Waals surface area contributed by atoms with Crippen LogP contribution in [0, 0.1) is 0 Å². The normalized spacial score (nSPS) is 9.83. The maximum absolute atomic E-state index is 11.7. The second-order valence-corrected chi connectivity index (χ2v) is 4.36. The number of halogens is 1. The molecule has 1 aromatic heterocycles. The first-order valence-corrected chi connectivity index (χ1v) is 6.12. The minimum Gasteiger partial charge on any atom is -0.484 e. The number of anilines is 1. The Kier molecular flexibility index (Phi) is 4.30. The summed E-state index contributed by atoms with van der Waals surface area (Å²) in [6.45, 7) is -0.0290. The van der Waals surface area contributed by atoms with E-state index in [-0.39, 0.29) is 12.5 Å². The van der Waals surface area contributed by atoms with E-state index in [1.165, 1.54) is 0 Å². The summed E-state index contributed by atoms with van der Waals surface area (Å²) >= 11 is 3.30. The van der Waals surface area contributed by atoms with Crippen LogP contribution in [0.4, 0.5) is 5.69 Å². The lowest BCUT2D eigenvalue weighted by atomic mass is 10.3. The SMILES string of the molecule is O=C(COc1ccccc1)Nc1ccncc1Br. The van der Waals surface area contributed by atoms with Crippen molar-refractivity contribution in [2.24, 2.45) is 0 Å². The molecule has 0 saturated carbocycles. The smallest absolute Gasteiger partial charge is 0.262 e. The van der Waals surface area contributed by atoms with Gasteiger partial charge in [-0.15, -0.1) is 0 Å². The van der Waals surface area contributed by atoms with Crippen molar-refractivity contribution in [3.8, 4) is 5.75 Å². The highest BCUT2D eigenvalue weighted by atomic mass is 79.9. The molecule has 1 heterocycles. The van der Waals surface area contributed by atoms with Gasteiger partial charge in [0.1, 0.15) is 5.75 Å². The lowest BCUT2D eigenvalue weighted by Crippen LogP contribution is -2.20. The van der Waals surface area contributed by atoms with E-state index in [1.807, 2.05) is 18.2 Å². The van der Waals surface area contributed by atoms with Crippen molar-refractivity contribution in [2.75, 3.05) is 11.9 Å². The number of pyridine rings is 1. The van der Waals surface area contributed by atoms with Crippen LogP contribution in [0.5, 0.6) is 5.75 Å². The average molecular weight is 307 g/mol. The third-order valence-electron chi connectivity index (χ3n) is 2.16. The summed E-state index contributed by atoms with van der Waals surface area (Å²) in [7, 11) is 0. The molecule has 2 rings (SSSR count). The summed E-state index contributed by atoms with van der Waals surface area (Å²) in [4.78, 5) is 15.6. The number of rotatable bonds is 4. The minimum absolute atomic E-state index is 0.0290. The van der Waals surface area contributed by atoms with Crippen LogP contribution < -0.4 is 10.1 Å². The Bertz CT molecular complexity index is 532. The van der Waals surface area contributed by atoms with E-state index in [0.717, 1.165) is 4.47 Å². The van der Waals surface area contributed by atoms with Crippen molar-refractivity contribution < 1.29 is 9.53 Å². The molecule has 0 saturated heterocycles. The lowest BCUT2D eigenvalue weighted by Gasteiger charge is -2.08. The number of hydrogen-bond donors (Lipinski definition) is 1. The van der Waals surface area contributed by atoms with Gasteiger partial charge in [0, 0.05) is 12.4 Å². The number of hydrogen-bond acceptors (Lipinski definition) is 3. The molecule has 1 aromatic carbocycles. The van der Waals surface area contributed by atoms with E-state index < -0.39 is 0 Å². The molecular weight excluding hydrogens is 296 g/mol. The number of nitrogens with zero attached hydrogens (tertiary/aromatic N) is 1. The van der Waals surface area contributed by atoms with Crippen LogP contribution >= 0.6 is 15.9 Å². The zero-order valence-electron chi connectivity index (χ0n) is 9.47. The number of amides is 1. The van der Waals surface area contributed by atoms with Crippen LogP contribution in [-0.2, 0) is 4.79 Å². The molecule has 0 unspecified atom stereocenters. The number of carbonyl (C=O) groups is 1. The highest BCUT2D eigenvalue weighted by molar-refractivity contribution is 9.10. The summed E-state index contributed by atoms with van der Waals surface area (Å²) in [5.41, 5.74) is 0.673. The van der Waals surface area contributed by atoms with E-state index in [4.69, 9.17) is 4.74 Å². The highest BCUT2D eigenvalue weighted by Crippen LogP contribution is 2.19. The molecule has 2 aromatic rings. The van der Waals surface area contributed by atoms with Gasteiger partial charge in [0.2, 0.25) is 0 Å². The predicted molar refractivity (Wildman–Crippen MR) is 72.5 cm³/mol. The second kappa shape index (κ2) is 6.16. The van der Waals surface area contributed by atoms with Crippen LogP contribution in [0.1, 0.15) is 0 Å². The average Bonchev–Trinajstić information content (AvgIpc) is 2.40. The molecule has 4 nitrogen and oxygen atoms in total. The summed E-state index contributed by atoms with van der Waals surface area (Å²) < 4.78 is 6.07. The maximum Gasteiger partial charge on any atom is 0.262 e. The molecule has 0 spiro atoms. The standard InChI is InChI=1S/C13H11BrN2O2/c14-11-8-15-7-6-12(11)16-13(17)9-18-10-4-2-1-3-5-10/h1-8H,9H2,(H,15,16,17). The van der Waals surface area contributed by atoms with Crippen LogP contribution in [-0.4, -0.2) is 17.5 Å². The van der Waals surface area contributed by atoms with Gasteiger partial charge in [-0.05, 0) is 34.1 Å². The third-order valence-corrected chi connectivity index (χ3v) is 2.79. The number of benzene rings is 1. The van der Waals surface area contributed by atoms with Crippen molar-refractivity contribution in [1.82, 2.24) is 4.98 Å². The zero-order chi connectivity index (χ0) is 12.8. The lowest BCUT2D eigenvalue weighted by molar-refractivity contribution is -0.118. The predicted octanol–water partition coefficient (Wildman–Crippen LogP) is 2.86. The summed E-state index contributed by atoms with van der Waals surface area (Å²) in [5, 5.41) is 2.73. The van der Waals surface area contributed by atoms with Gasteiger partial charge in [-0.2, -0.15) is 0 Å². The van der Waals surface area contributed by atoms with E-state index in [2.05, 4.69) is 26.2 Å². The molecule has 5 heteroatoms. The van der Waals surface area contributed by atoms with Gasteiger partial charge in [-0.3, -0.25) is 9.78 Å². The summed E-state index contributed by atoms with van der Waals surface area (Å²) in [6, 6.07) is 10.9. The van der Waals surface area contributed by atoms with Gasteiger partial charge in [-0.25, -0.2) is 0 Å². The summed E-state index contributed by atoms with van der Waals surface area (Å²) in [5.74, 6) is 0.451. The topological polar surface area (TPSA) is 51.2 Å². The molecule has 1 amide bonds. The van der Waals surface area contributed by atoms with Gasteiger partial charge in [-0.1, -0.05) is 18.2 Å². The molecule has 18 heavy (non-hydrogen) atoms. The first kappa shape index (κ1) is 12.6. The van der Waals surface area contributed by atoms with Gasteiger partial charge in [0.25, 0.3) is 5.91 Å². The molecule has 0 aliphatic carbocycles. The van der Waals surface area contributed by atoms with Crippen LogP contribution in [0.15, 0.2) is 53.3 Å². The van der Waals surface area contributed by atoms with Gasteiger partial charge in [0.05, 0.1) is 10.2 Å². The van der Waals surface area contributed by atoms with Crippen molar-refractivity contribution in [2.45, 2.75) is 0 Å². The number of carbonyl (C=O) groups excluding carboxylic acids is 1. The monoisotopic (exact) mass is 306 g/mol. The molecule has 0 aliphatic rings. The molecule has 1 N–H and O–H groups in total. The van der Waals surface area contributed by atoms with Crippen LogP contribution in [0.2, 0.25) is 0 Å². The minimum atomic E-state index is -0.217. The maximum atomic E-state index is 11.7. The van der Waals surface area contributed by atoms with Crippen molar-refractivity contribution in [3.05, 3.63) is 53.3 Å². The Morgan fingerprint density at radius 2 is 2.06 bits per heavy atom. The number of nitrogens with one attached hydrogen (secondary N) is 1. The molecule has 0 bridgehead atoms. The van der Waals surface area contributed by atoms with E-state index in [9.17, 15) is 4.79 Å². The fourth-order valence-corrected chi connectivity index (χ4v) is 1.68. The molecule has 0 radical (unpaired) electrons. The largest absolute Gasteiger partial charge is 0.484 e.